The highest BCUT2D eigenvalue weighted by Crippen LogP contribution is 2.19. The van der Waals surface area contributed by atoms with Crippen LogP contribution in [-0.4, -0.2) is 24.2 Å². The second-order valence-corrected chi connectivity index (χ2v) is 4.70. The molecule has 0 aromatic heterocycles. The van der Waals surface area contributed by atoms with E-state index in [1.54, 1.807) is 0 Å². The summed E-state index contributed by atoms with van der Waals surface area (Å²) in [6, 6.07) is 7.56. The summed E-state index contributed by atoms with van der Waals surface area (Å²) >= 11 is 5.83. The summed E-state index contributed by atoms with van der Waals surface area (Å²) in [6.07, 6.45) is 4.08. The van der Waals surface area contributed by atoms with Crippen molar-refractivity contribution in [2.24, 2.45) is 0 Å². The molecule has 16 heavy (non-hydrogen) atoms. The number of likely N-dealkylation sites (tertiary alicyclic amines) is 1. The molecule has 1 aliphatic rings. The quantitative estimate of drug-likeness (QED) is 0.800. The van der Waals surface area contributed by atoms with Crippen LogP contribution in [0.25, 0.3) is 0 Å². The molecule has 88 valence electrons. The summed E-state index contributed by atoms with van der Waals surface area (Å²) in [4.78, 5) is 2.39. The zero-order valence-corrected chi connectivity index (χ0v) is 10.4. The molecule has 0 spiro atoms. The zero-order chi connectivity index (χ0) is 11.4. The maximum atomic E-state index is 5.88. The largest absolute Gasteiger partial charge is 0.475 e. The fourth-order valence-electron chi connectivity index (χ4n) is 2.07. The zero-order valence-electron chi connectivity index (χ0n) is 9.66. The Bertz CT molecular complexity index is 319. The van der Waals surface area contributed by atoms with Crippen LogP contribution in [0.15, 0.2) is 24.3 Å². The van der Waals surface area contributed by atoms with E-state index in [1.165, 1.54) is 19.3 Å². The highest BCUT2D eigenvalue weighted by molar-refractivity contribution is 6.30. The first kappa shape index (κ1) is 11.7. The Morgan fingerprint density at radius 2 is 1.75 bits per heavy atom. The van der Waals surface area contributed by atoms with Gasteiger partial charge in [-0.3, -0.25) is 4.90 Å². The van der Waals surface area contributed by atoms with Crippen LogP contribution >= 0.6 is 11.6 Å². The average molecular weight is 240 g/mol. The van der Waals surface area contributed by atoms with E-state index in [2.05, 4.69) is 11.8 Å². The lowest BCUT2D eigenvalue weighted by molar-refractivity contribution is 0.0262. The van der Waals surface area contributed by atoms with Gasteiger partial charge in [0.1, 0.15) is 12.0 Å². The monoisotopic (exact) mass is 239 g/mol. The Kier molecular flexibility index (Phi) is 4.08. The van der Waals surface area contributed by atoms with E-state index in [0.717, 1.165) is 23.9 Å². The molecule has 2 rings (SSSR count). The molecule has 3 heteroatoms. The van der Waals surface area contributed by atoms with E-state index in [1.807, 2.05) is 24.3 Å². The van der Waals surface area contributed by atoms with Gasteiger partial charge in [-0.15, -0.1) is 0 Å². The molecule has 0 N–H and O–H groups in total. The molecule has 0 saturated carbocycles. The summed E-state index contributed by atoms with van der Waals surface area (Å²) in [6.45, 7) is 4.41. The van der Waals surface area contributed by atoms with Gasteiger partial charge in [0.05, 0.1) is 0 Å². The molecule has 1 aromatic carbocycles. The van der Waals surface area contributed by atoms with Crippen molar-refractivity contribution in [3.63, 3.8) is 0 Å². The third-order valence-corrected chi connectivity index (χ3v) is 3.28. The van der Waals surface area contributed by atoms with Crippen molar-refractivity contribution in [1.29, 1.82) is 0 Å². The highest BCUT2D eigenvalue weighted by atomic mass is 35.5. The summed E-state index contributed by atoms with van der Waals surface area (Å²) in [5.41, 5.74) is 0. The lowest BCUT2D eigenvalue weighted by Gasteiger charge is -2.32. The van der Waals surface area contributed by atoms with Crippen molar-refractivity contribution in [2.45, 2.75) is 32.4 Å². The molecule has 0 bridgehead atoms. The van der Waals surface area contributed by atoms with Crippen LogP contribution in [0.3, 0.4) is 0 Å². The molecule has 0 amide bonds. The Hall–Kier alpha value is -0.730. The number of hydrogen-bond donors (Lipinski definition) is 0. The minimum Gasteiger partial charge on any atom is -0.475 e. The molecule has 1 heterocycles. The van der Waals surface area contributed by atoms with Gasteiger partial charge in [-0.1, -0.05) is 18.0 Å². The van der Waals surface area contributed by atoms with Gasteiger partial charge in [0.2, 0.25) is 0 Å². The van der Waals surface area contributed by atoms with Crippen LogP contribution < -0.4 is 4.74 Å². The predicted octanol–water partition coefficient (Wildman–Crippen LogP) is 3.55. The number of nitrogens with zero attached hydrogens (tertiary/aromatic N) is 1. The van der Waals surface area contributed by atoms with Gasteiger partial charge < -0.3 is 4.74 Å². The van der Waals surface area contributed by atoms with Crippen LogP contribution in [0, 0.1) is 0 Å². The number of piperidine rings is 1. The minimum atomic E-state index is 0.154. The molecule has 1 atom stereocenters. The molecule has 2 nitrogen and oxygen atoms in total. The van der Waals surface area contributed by atoms with E-state index in [4.69, 9.17) is 16.3 Å². The van der Waals surface area contributed by atoms with Gasteiger partial charge in [0, 0.05) is 18.1 Å². The van der Waals surface area contributed by atoms with Crippen molar-refractivity contribution >= 4 is 11.6 Å². The molecule has 0 aliphatic carbocycles. The molecule has 1 aromatic rings. The second-order valence-electron chi connectivity index (χ2n) is 4.27. The van der Waals surface area contributed by atoms with Gasteiger partial charge in [-0.05, 0) is 44.0 Å². The molecule has 1 fully saturated rings. The third-order valence-electron chi connectivity index (χ3n) is 3.03. The van der Waals surface area contributed by atoms with E-state index < -0.39 is 0 Å². The molecule has 1 aliphatic heterocycles. The SMILES string of the molecule is CC(Oc1ccc(Cl)cc1)N1CCCCC1. The Morgan fingerprint density at radius 3 is 2.38 bits per heavy atom. The summed E-state index contributed by atoms with van der Waals surface area (Å²) < 4.78 is 5.88. The first-order valence-electron chi connectivity index (χ1n) is 5.92. The average Bonchev–Trinajstić information content (AvgIpc) is 2.33. The Morgan fingerprint density at radius 1 is 1.12 bits per heavy atom. The molecule has 1 unspecified atom stereocenters. The normalized spacial score (nSPS) is 19.4. The van der Waals surface area contributed by atoms with Gasteiger partial charge in [0.25, 0.3) is 0 Å². The van der Waals surface area contributed by atoms with E-state index in [0.29, 0.717) is 0 Å². The third kappa shape index (κ3) is 3.13. The van der Waals surface area contributed by atoms with Gasteiger partial charge in [-0.25, -0.2) is 0 Å². The van der Waals surface area contributed by atoms with Crippen LogP contribution in [0.2, 0.25) is 5.02 Å². The number of benzene rings is 1. The fourth-order valence-corrected chi connectivity index (χ4v) is 2.19. The van der Waals surface area contributed by atoms with Crippen LogP contribution in [-0.2, 0) is 0 Å². The maximum Gasteiger partial charge on any atom is 0.149 e. The predicted molar refractivity (Wildman–Crippen MR) is 67.0 cm³/mol. The van der Waals surface area contributed by atoms with E-state index in [-0.39, 0.29) is 6.23 Å². The summed E-state index contributed by atoms with van der Waals surface area (Å²) in [7, 11) is 0. The maximum absolute atomic E-state index is 5.88. The number of ether oxygens (including phenoxy) is 1. The number of rotatable bonds is 3. The fraction of sp³-hybridized carbons (Fsp3) is 0.538. The van der Waals surface area contributed by atoms with Crippen molar-refractivity contribution in [2.75, 3.05) is 13.1 Å². The second kappa shape index (κ2) is 5.55. The lowest BCUT2D eigenvalue weighted by Crippen LogP contribution is -2.40. The van der Waals surface area contributed by atoms with Crippen molar-refractivity contribution in [3.05, 3.63) is 29.3 Å². The van der Waals surface area contributed by atoms with Crippen LogP contribution in [0.4, 0.5) is 0 Å². The molecule has 1 saturated heterocycles. The van der Waals surface area contributed by atoms with Crippen molar-refractivity contribution < 1.29 is 4.74 Å². The van der Waals surface area contributed by atoms with Crippen molar-refractivity contribution in [1.82, 2.24) is 4.90 Å². The minimum absolute atomic E-state index is 0.154. The highest BCUT2D eigenvalue weighted by Gasteiger charge is 2.17. The molecule has 0 radical (unpaired) electrons. The Balaban J connectivity index is 1.90. The number of hydrogen-bond acceptors (Lipinski definition) is 2. The lowest BCUT2D eigenvalue weighted by atomic mass is 10.1. The standard InChI is InChI=1S/C13H18ClNO/c1-11(15-9-3-2-4-10-15)16-13-7-5-12(14)6-8-13/h5-8,11H,2-4,9-10H2,1H3. The first-order valence-corrected chi connectivity index (χ1v) is 6.30. The smallest absolute Gasteiger partial charge is 0.149 e. The van der Waals surface area contributed by atoms with E-state index in [9.17, 15) is 0 Å². The van der Waals surface area contributed by atoms with Crippen LogP contribution in [0.1, 0.15) is 26.2 Å². The van der Waals surface area contributed by atoms with Crippen LogP contribution in [0.5, 0.6) is 5.75 Å². The number of halogens is 1. The molecular weight excluding hydrogens is 222 g/mol. The van der Waals surface area contributed by atoms with Crippen molar-refractivity contribution in [3.8, 4) is 5.75 Å². The molecular formula is C13H18ClNO. The van der Waals surface area contributed by atoms with E-state index >= 15 is 0 Å². The van der Waals surface area contributed by atoms with Gasteiger partial charge in [-0.2, -0.15) is 0 Å². The van der Waals surface area contributed by atoms with Gasteiger partial charge >= 0.3 is 0 Å². The Labute approximate surface area is 102 Å². The summed E-state index contributed by atoms with van der Waals surface area (Å²) in [5.74, 6) is 0.891. The van der Waals surface area contributed by atoms with Gasteiger partial charge in [0.15, 0.2) is 0 Å². The first-order chi connectivity index (χ1) is 7.75. The summed E-state index contributed by atoms with van der Waals surface area (Å²) in [5, 5.41) is 0.748. The topological polar surface area (TPSA) is 12.5 Å².